The van der Waals surface area contributed by atoms with E-state index in [-0.39, 0.29) is 18.0 Å². The maximum atomic E-state index is 12.6. The summed E-state index contributed by atoms with van der Waals surface area (Å²) in [5.41, 5.74) is -0.519. The lowest BCUT2D eigenvalue weighted by atomic mass is 10.1. The molecule has 0 saturated heterocycles. The monoisotopic (exact) mass is 445 g/mol. The van der Waals surface area contributed by atoms with Gasteiger partial charge in [-0.15, -0.1) is 0 Å². The van der Waals surface area contributed by atoms with E-state index in [2.05, 4.69) is 17.2 Å². The molecule has 0 unspecified atom stereocenters. The summed E-state index contributed by atoms with van der Waals surface area (Å²) in [5, 5.41) is 2.51. The van der Waals surface area contributed by atoms with Crippen LogP contribution in [-0.2, 0) is 11.0 Å². The Morgan fingerprint density at radius 3 is 2.75 bits per heavy atom. The van der Waals surface area contributed by atoms with E-state index >= 15 is 0 Å². The summed E-state index contributed by atoms with van der Waals surface area (Å²) >= 11 is 2.01. The summed E-state index contributed by atoms with van der Waals surface area (Å²) in [7, 11) is 0. The number of furan rings is 1. The SMILES string of the molecule is O=C(/C=C/c1ccc(I)o1)NCC#Cc1cccc(C(F)(F)F)c1. The van der Waals surface area contributed by atoms with Gasteiger partial charge in [0.25, 0.3) is 0 Å². The van der Waals surface area contributed by atoms with Gasteiger partial charge in [-0.1, -0.05) is 17.9 Å². The molecule has 24 heavy (non-hydrogen) atoms. The molecular weight excluding hydrogens is 434 g/mol. The molecular formula is C17H11F3INO2. The smallest absolute Gasteiger partial charge is 0.416 e. The third kappa shape index (κ3) is 5.77. The zero-order valence-electron chi connectivity index (χ0n) is 12.2. The molecule has 0 spiro atoms. The highest BCUT2D eigenvalue weighted by Gasteiger charge is 2.30. The minimum absolute atomic E-state index is 0.0229. The van der Waals surface area contributed by atoms with E-state index in [4.69, 9.17) is 4.42 Å². The molecule has 7 heteroatoms. The minimum atomic E-state index is -4.40. The molecule has 1 aromatic heterocycles. The molecule has 1 amide bonds. The van der Waals surface area contributed by atoms with Crippen LogP contribution >= 0.6 is 22.6 Å². The molecule has 124 valence electrons. The zero-order valence-corrected chi connectivity index (χ0v) is 14.3. The first kappa shape index (κ1) is 18.1. The summed E-state index contributed by atoms with van der Waals surface area (Å²) in [5.74, 6) is 5.36. The van der Waals surface area contributed by atoms with Gasteiger partial charge in [-0.2, -0.15) is 13.2 Å². The Bertz CT molecular complexity index is 813. The topological polar surface area (TPSA) is 42.2 Å². The quantitative estimate of drug-likeness (QED) is 0.440. The molecule has 0 radical (unpaired) electrons. The first-order valence-electron chi connectivity index (χ1n) is 6.72. The fraction of sp³-hybridized carbons (Fsp3) is 0.118. The van der Waals surface area contributed by atoms with Crippen molar-refractivity contribution in [3.05, 3.63) is 63.1 Å². The largest absolute Gasteiger partial charge is 0.451 e. The second-order valence-corrected chi connectivity index (χ2v) is 5.64. The minimum Gasteiger partial charge on any atom is -0.451 e. The Labute approximate surface area is 150 Å². The number of carbonyl (C=O) groups excluding carboxylic acids is 1. The van der Waals surface area contributed by atoms with Crippen LogP contribution in [0.15, 0.2) is 46.9 Å². The molecule has 0 fully saturated rings. The van der Waals surface area contributed by atoms with Gasteiger partial charge in [-0.3, -0.25) is 4.79 Å². The number of rotatable bonds is 3. The number of hydrogen-bond acceptors (Lipinski definition) is 2. The average molecular weight is 445 g/mol. The number of nitrogens with one attached hydrogen (secondary N) is 1. The lowest BCUT2D eigenvalue weighted by Crippen LogP contribution is -2.20. The van der Waals surface area contributed by atoms with Gasteiger partial charge in [0.1, 0.15) is 5.76 Å². The predicted octanol–water partition coefficient (Wildman–Crippen LogP) is 4.08. The van der Waals surface area contributed by atoms with Crippen molar-refractivity contribution in [2.75, 3.05) is 6.54 Å². The van der Waals surface area contributed by atoms with E-state index in [9.17, 15) is 18.0 Å². The van der Waals surface area contributed by atoms with Crippen molar-refractivity contribution in [2.45, 2.75) is 6.18 Å². The van der Waals surface area contributed by atoms with E-state index in [1.54, 1.807) is 12.1 Å². The third-order valence-electron chi connectivity index (χ3n) is 2.77. The lowest BCUT2D eigenvalue weighted by molar-refractivity contribution is -0.137. The Kier molecular flexibility index (Phi) is 6.09. The van der Waals surface area contributed by atoms with Crippen molar-refractivity contribution in [1.82, 2.24) is 5.32 Å². The lowest BCUT2D eigenvalue weighted by Gasteiger charge is -2.05. The van der Waals surface area contributed by atoms with Crippen molar-refractivity contribution in [3.63, 3.8) is 0 Å². The first-order chi connectivity index (χ1) is 11.3. The highest BCUT2D eigenvalue weighted by molar-refractivity contribution is 14.1. The highest BCUT2D eigenvalue weighted by atomic mass is 127. The number of benzene rings is 1. The van der Waals surface area contributed by atoms with Gasteiger partial charge in [0.15, 0.2) is 3.77 Å². The molecule has 1 heterocycles. The van der Waals surface area contributed by atoms with E-state index in [1.165, 1.54) is 24.3 Å². The van der Waals surface area contributed by atoms with E-state index in [0.29, 0.717) is 9.53 Å². The predicted molar refractivity (Wildman–Crippen MR) is 91.8 cm³/mol. The molecule has 0 aliphatic rings. The summed E-state index contributed by atoms with van der Waals surface area (Å²) in [4.78, 5) is 11.6. The van der Waals surface area contributed by atoms with Crippen LogP contribution in [-0.4, -0.2) is 12.5 Å². The van der Waals surface area contributed by atoms with Crippen LogP contribution in [0.4, 0.5) is 13.2 Å². The maximum Gasteiger partial charge on any atom is 0.416 e. The molecule has 2 aromatic rings. The normalized spacial score (nSPS) is 11.2. The number of carbonyl (C=O) groups is 1. The number of halogens is 4. The molecule has 0 atom stereocenters. The Balaban J connectivity index is 1.87. The van der Waals surface area contributed by atoms with Crippen LogP contribution in [0.5, 0.6) is 0 Å². The average Bonchev–Trinajstić information content (AvgIpc) is 2.95. The van der Waals surface area contributed by atoms with E-state index in [0.717, 1.165) is 12.1 Å². The molecule has 0 saturated carbocycles. The van der Waals surface area contributed by atoms with Crippen LogP contribution in [0, 0.1) is 15.6 Å². The van der Waals surface area contributed by atoms with Crippen LogP contribution in [0.25, 0.3) is 6.08 Å². The van der Waals surface area contributed by atoms with Crippen LogP contribution in [0.2, 0.25) is 0 Å². The zero-order chi connectivity index (χ0) is 17.6. The molecule has 1 aromatic carbocycles. The van der Waals surface area contributed by atoms with Gasteiger partial charge in [0.2, 0.25) is 5.91 Å². The molecule has 3 nitrogen and oxygen atoms in total. The fourth-order valence-electron chi connectivity index (χ4n) is 1.69. The molecule has 0 bridgehead atoms. The second kappa shape index (κ2) is 8.06. The van der Waals surface area contributed by atoms with Crippen LogP contribution in [0.3, 0.4) is 0 Å². The maximum absolute atomic E-state index is 12.6. The van der Waals surface area contributed by atoms with Crippen molar-refractivity contribution >= 4 is 34.6 Å². The third-order valence-corrected chi connectivity index (χ3v) is 3.35. The number of hydrogen-bond donors (Lipinski definition) is 1. The Morgan fingerprint density at radius 2 is 2.08 bits per heavy atom. The highest BCUT2D eigenvalue weighted by Crippen LogP contribution is 2.29. The summed E-state index contributed by atoms with van der Waals surface area (Å²) < 4.78 is 43.7. The Morgan fingerprint density at radius 1 is 1.29 bits per heavy atom. The van der Waals surface area contributed by atoms with Gasteiger partial charge < -0.3 is 9.73 Å². The standard InChI is InChI=1S/C17H11F3INO2/c18-17(19,20)13-5-1-3-12(11-13)4-2-10-22-16(23)9-7-14-6-8-15(21)24-14/h1,3,5-9,11H,10H2,(H,22,23)/b9-7+. The molecule has 0 aliphatic heterocycles. The van der Waals surface area contributed by atoms with E-state index < -0.39 is 11.7 Å². The van der Waals surface area contributed by atoms with Crippen LogP contribution in [0.1, 0.15) is 16.9 Å². The Hall–Kier alpha value is -2.21. The second-order valence-electron chi connectivity index (χ2n) is 4.57. The summed E-state index contributed by atoms with van der Waals surface area (Å²) in [6.45, 7) is 0.0229. The van der Waals surface area contributed by atoms with Gasteiger partial charge in [0, 0.05) is 11.6 Å². The van der Waals surface area contributed by atoms with Crippen LogP contribution < -0.4 is 5.32 Å². The van der Waals surface area contributed by atoms with Gasteiger partial charge in [0.05, 0.1) is 12.1 Å². The van der Waals surface area contributed by atoms with Crippen molar-refractivity contribution in [3.8, 4) is 11.8 Å². The molecule has 1 N–H and O–H groups in total. The van der Waals surface area contributed by atoms with Gasteiger partial charge in [-0.05, 0) is 59.0 Å². The number of alkyl halides is 3. The van der Waals surface area contributed by atoms with Gasteiger partial charge >= 0.3 is 6.18 Å². The first-order valence-corrected chi connectivity index (χ1v) is 7.80. The van der Waals surface area contributed by atoms with Crippen molar-refractivity contribution in [1.29, 1.82) is 0 Å². The van der Waals surface area contributed by atoms with E-state index in [1.807, 2.05) is 22.6 Å². The molecule has 2 rings (SSSR count). The molecule has 0 aliphatic carbocycles. The summed E-state index contributed by atoms with van der Waals surface area (Å²) in [6.07, 6.45) is -1.60. The number of amides is 1. The van der Waals surface area contributed by atoms with Crippen molar-refractivity contribution in [2.24, 2.45) is 0 Å². The van der Waals surface area contributed by atoms with Gasteiger partial charge in [-0.25, -0.2) is 0 Å². The van der Waals surface area contributed by atoms with Crippen molar-refractivity contribution < 1.29 is 22.4 Å². The fourth-order valence-corrected chi connectivity index (χ4v) is 2.12. The summed E-state index contributed by atoms with van der Waals surface area (Å²) in [6, 6.07) is 8.19.